The van der Waals surface area contributed by atoms with Crippen molar-refractivity contribution in [2.45, 2.75) is 50.7 Å². The third-order valence-electron chi connectivity index (χ3n) is 9.58. The van der Waals surface area contributed by atoms with Crippen LogP contribution < -0.4 is 10.1 Å². The van der Waals surface area contributed by atoms with Gasteiger partial charge in [0.15, 0.2) is 6.29 Å². The van der Waals surface area contributed by atoms with E-state index in [1.807, 2.05) is 91.0 Å². The molecule has 1 amide bonds. The summed E-state index contributed by atoms with van der Waals surface area (Å²) in [4.78, 5) is 28.4. The smallest absolute Gasteiger partial charge is 0.408 e. The van der Waals surface area contributed by atoms with Crippen LogP contribution >= 0.6 is 0 Å². The van der Waals surface area contributed by atoms with Crippen LogP contribution in [0.5, 0.6) is 5.75 Å². The average Bonchev–Trinajstić information content (AvgIpc) is 3.17. The molecular formula is C41H46N2O7. The van der Waals surface area contributed by atoms with Gasteiger partial charge in [0.1, 0.15) is 18.5 Å². The van der Waals surface area contributed by atoms with Crippen LogP contribution in [0.3, 0.4) is 0 Å². The zero-order valence-electron chi connectivity index (χ0n) is 28.8. The molecule has 3 fully saturated rings. The predicted molar refractivity (Wildman–Crippen MR) is 190 cm³/mol. The number of hydrogen-bond acceptors (Lipinski definition) is 8. The van der Waals surface area contributed by atoms with E-state index in [1.165, 1.54) is 0 Å². The molecule has 2 atom stereocenters. The summed E-state index contributed by atoms with van der Waals surface area (Å²) in [5.41, 5.74) is 5.31. The Bertz CT molecular complexity index is 1680. The Hall–Kier alpha value is -4.70. The van der Waals surface area contributed by atoms with Crippen LogP contribution in [0.4, 0.5) is 4.79 Å². The van der Waals surface area contributed by atoms with E-state index in [0.717, 1.165) is 60.3 Å². The van der Waals surface area contributed by atoms with E-state index in [0.29, 0.717) is 30.1 Å². The Morgan fingerprint density at radius 1 is 0.800 bits per heavy atom. The van der Waals surface area contributed by atoms with Gasteiger partial charge in [-0.1, -0.05) is 78.9 Å². The van der Waals surface area contributed by atoms with Gasteiger partial charge in [0.2, 0.25) is 0 Å². The lowest BCUT2D eigenvalue weighted by molar-refractivity contribution is -0.100. The summed E-state index contributed by atoms with van der Waals surface area (Å²) in [6.07, 6.45) is 2.65. The molecule has 9 nitrogen and oxygen atoms in total. The number of carbonyl (C=O) groups is 2. The van der Waals surface area contributed by atoms with Gasteiger partial charge in [-0.05, 0) is 83.9 Å². The predicted octanol–water partition coefficient (Wildman–Crippen LogP) is 6.74. The fourth-order valence-corrected chi connectivity index (χ4v) is 6.72. The standard InChI is InChI=1S/C41H46N2O7/c1-46-38(47-2)25-30-16-14-29(15-17-30)20-23-48-40(44)35-12-6-8-31(24-35)28-49-36-13-7-11-34(26-36)39(33-9-4-3-5-10-33)42-41(45)50-37-27-43-21-18-32(37)19-22-43/h3-17,24,26,32,37-39H,18-23,25,27-28H2,1-2H3,(H,42,45)/t37-,39-/m0/s1. The topological polar surface area (TPSA) is 95.6 Å². The first-order valence-electron chi connectivity index (χ1n) is 17.3. The van der Waals surface area contributed by atoms with Crippen molar-refractivity contribution in [2.24, 2.45) is 5.92 Å². The van der Waals surface area contributed by atoms with E-state index in [4.69, 9.17) is 23.7 Å². The minimum Gasteiger partial charge on any atom is -0.489 e. The van der Waals surface area contributed by atoms with Crippen LogP contribution in [-0.4, -0.2) is 69.8 Å². The highest BCUT2D eigenvalue weighted by Crippen LogP contribution is 2.31. The summed E-state index contributed by atoms with van der Waals surface area (Å²) in [5.74, 6) is 0.698. The molecule has 4 aromatic rings. The molecule has 2 bridgehead atoms. The Kier molecular flexibility index (Phi) is 12.2. The highest BCUT2D eigenvalue weighted by atomic mass is 16.7. The van der Waals surface area contributed by atoms with Crippen LogP contribution in [0, 0.1) is 5.92 Å². The Labute approximate surface area is 294 Å². The van der Waals surface area contributed by atoms with E-state index in [2.05, 4.69) is 10.2 Å². The van der Waals surface area contributed by atoms with Crippen LogP contribution in [0.1, 0.15) is 57.1 Å². The zero-order chi connectivity index (χ0) is 34.7. The fourth-order valence-electron chi connectivity index (χ4n) is 6.72. The second kappa shape index (κ2) is 17.3. The van der Waals surface area contributed by atoms with Crippen LogP contribution in [-0.2, 0) is 38.4 Å². The van der Waals surface area contributed by atoms with Gasteiger partial charge in [-0.15, -0.1) is 0 Å². The molecule has 3 heterocycles. The molecule has 4 aromatic carbocycles. The molecule has 262 valence electrons. The van der Waals surface area contributed by atoms with Crippen molar-refractivity contribution in [2.75, 3.05) is 40.5 Å². The number of rotatable bonds is 15. The van der Waals surface area contributed by atoms with Crippen molar-refractivity contribution in [3.63, 3.8) is 0 Å². The van der Waals surface area contributed by atoms with Crippen LogP contribution in [0.15, 0.2) is 103 Å². The number of methoxy groups -OCH3 is 2. The zero-order valence-corrected chi connectivity index (χ0v) is 28.8. The summed E-state index contributed by atoms with van der Waals surface area (Å²) >= 11 is 0. The molecule has 0 spiro atoms. The molecule has 0 unspecified atom stereocenters. The number of alkyl carbamates (subject to hydrolysis) is 1. The monoisotopic (exact) mass is 678 g/mol. The fraction of sp³-hybridized carbons (Fsp3) is 0.366. The van der Waals surface area contributed by atoms with Gasteiger partial charge in [0, 0.05) is 33.6 Å². The molecule has 50 heavy (non-hydrogen) atoms. The lowest BCUT2D eigenvalue weighted by atomic mass is 9.86. The van der Waals surface area contributed by atoms with Crippen LogP contribution in [0.2, 0.25) is 0 Å². The maximum Gasteiger partial charge on any atom is 0.408 e. The first-order chi connectivity index (χ1) is 24.5. The van der Waals surface area contributed by atoms with Crippen molar-refractivity contribution < 1.29 is 33.3 Å². The molecule has 3 aliphatic heterocycles. The van der Waals surface area contributed by atoms with Crippen molar-refractivity contribution in [1.29, 1.82) is 0 Å². The van der Waals surface area contributed by atoms with Crippen molar-refractivity contribution in [1.82, 2.24) is 10.2 Å². The van der Waals surface area contributed by atoms with E-state index in [9.17, 15) is 9.59 Å². The Balaban J connectivity index is 1.03. The minimum atomic E-state index is -0.414. The van der Waals surface area contributed by atoms with Gasteiger partial charge in [0.05, 0.1) is 18.2 Å². The summed E-state index contributed by atoms with van der Waals surface area (Å²) < 4.78 is 28.3. The second-order valence-corrected chi connectivity index (χ2v) is 12.9. The number of esters is 1. The summed E-state index contributed by atoms with van der Waals surface area (Å²) in [7, 11) is 3.25. The number of fused-ring (bicyclic) bond motifs is 3. The van der Waals surface area contributed by atoms with E-state index in [1.54, 1.807) is 26.4 Å². The molecule has 0 aromatic heterocycles. The molecule has 3 aliphatic rings. The minimum absolute atomic E-state index is 0.0782. The lowest BCUT2D eigenvalue weighted by Gasteiger charge is -2.43. The van der Waals surface area contributed by atoms with E-state index < -0.39 is 12.1 Å². The maximum absolute atomic E-state index is 13.2. The summed E-state index contributed by atoms with van der Waals surface area (Å²) in [6, 6.07) is 32.6. The van der Waals surface area contributed by atoms with Gasteiger partial charge < -0.3 is 29.0 Å². The quantitative estimate of drug-likeness (QED) is 0.109. The molecule has 0 radical (unpaired) electrons. The van der Waals surface area contributed by atoms with Gasteiger partial charge in [-0.2, -0.15) is 0 Å². The average molecular weight is 679 g/mol. The molecule has 1 N–H and O–H groups in total. The Morgan fingerprint density at radius 3 is 2.24 bits per heavy atom. The molecular weight excluding hydrogens is 632 g/mol. The molecule has 0 saturated carbocycles. The number of ether oxygens (including phenoxy) is 5. The number of piperidine rings is 3. The first kappa shape index (κ1) is 35.1. The number of benzene rings is 4. The number of hydrogen-bond donors (Lipinski definition) is 1. The van der Waals surface area contributed by atoms with E-state index in [-0.39, 0.29) is 31.6 Å². The van der Waals surface area contributed by atoms with Crippen LogP contribution in [0.25, 0.3) is 0 Å². The lowest BCUT2D eigenvalue weighted by Crippen LogP contribution is -2.52. The third kappa shape index (κ3) is 9.50. The van der Waals surface area contributed by atoms with Gasteiger partial charge >= 0.3 is 12.1 Å². The maximum atomic E-state index is 13.2. The van der Waals surface area contributed by atoms with E-state index >= 15 is 0 Å². The molecule has 9 heteroatoms. The first-order valence-corrected chi connectivity index (χ1v) is 17.3. The SMILES string of the molecule is COC(Cc1ccc(CCOC(=O)c2cccc(COc3cccc([C@@H](NC(=O)O[C@H]4CN5CCC4CC5)c4ccccc4)c3)c2)cc1)OC. The van der Waals surface area contributed by atoms with Gasteiger partial charge in [-0.3, -0.25) is 4.90 Å². The largest absolute Gasteiger partial charge is 0.489 e. The third-order valence-corrected chi connectivity index (χ3v) is 9.58. The van der Waals surface area contributed by atoms with Gasteiger partial charge in [-0.25, -0.2) is 9.59 Å². The molecule has 3 saturated heterocycles. The molecule has 0 aliphatic carbocycles. The van der Waals surface area contributed by atoms with Crippen molar-refractivity contribution >= 4 is 12.1 Å². The number of nitrogens with zero attached hydrogens (tertiary/aromatic N) is 1. The van der Waals surface area contributed by atoms with Crippen molar-refractivity contribution in [3.8, 4) is 5.75 Å². The second-order valence-electron chi connectivity index (χ2n) is 12.9. The Morgan fingerprint density at radius 2 is 1.52 bits per heavy atom. The number of amides is 1. The normalized spacial score (nSPS) is 18.7. The molecule has 7 rings (SSSR count). The highest BCUT2D eigenvalue weighted by Gasteiger charge is 2.37. The van der Waals surface area contributed by atoms with Gasteiger partial charge in [0.25, 0.3) is 0 Å². The summed E-state index contributed by atoms with van der Waals surface area (Å²) in [5, 5.41) is 3.12. The summed E-state index contributed by atoms with van der Waals surface area (Å²) in [6.45, 7) is 3.51. The number of carbonyl (C=O) groups excluding carboxylic acids is 2. The van der Waals surface area contributed by atoms with Crippen molar-refractivity contribution in [3.05, 3.63) is 137 Å². The number of nitrogens with one attached hydrogen (secondary N) is 1. The highest BCUT2D eigenvalue weighted by molar-refractivity contribution is 5.89.